The quantitative estimate of drug-likeness (QED) is 0.754. The van der Waals surface area contributed by atoms with Crippen LogP contribution in [0.1, 0.15) is 22.1 Å². The molecule has 0 fully saturated rings. The number of amides is 1. The van der Waals surface area contributed by atoms with Crippen molar-refractivity contribution in [2.75, 3.05) is 11.1 Å². The predicted molar refractivity (Wildman–Crippen MR) is 96.5 cm³/mol. The lowest BCUT2D eigenvalue weighted by Gasteiger charge is -2.18. The fraction of sp³-hybridized carbons (Fsp3) is 0.167. The maximum absolute atomic E-state index is 11.9. The molecule has 0 unspecified atom stereocenters. The first kappa shape index (κ1) is 15.7. The fourth-order valence-corrected chi connectivity index (χ4v) is 3.86. The van der Waals surface area contributed by atoms with E-state index in [4.69, 9.17) is 4.74 Å². The van der Waals surface area contributed by atoms with E-state index < -0.39 is 0 Å². The molecule has 0 bridgehead atoms. The molecule has 3 heterocycles. The highest BCUT2D eigenvalue weighted by atomic mass is 32.2. The van der Waals surface area contributed by atoms with Gasteiger partial charge in [0.05, 0.1) is 22.9 Å². The van der Waals surface area contributed by atoms with Gasteiger partial charge < -0.3 is 10.1 Å². The molecule has 1 amide bonds. The van der Waals surface area contributed by atoms with E-state index in [0.29, 0.717) is 18.2 Å². The molecule has 2 aromatic heterocycles. The number of aromatic nitrogens is 3. The number of carbonyl (C=O) groups excluding carboxylic acids is 1. The van der Waals surface area contributed by atoms with Crippen molar-refractivity contribution in [3.05, 3.63) is 71.7 Å². The van der Waals surface area contributed by atoms with E-state index in [0.717, 1.165) is 22.6 Å². The van der Waals surface area contributed by atoms with Gasteiger partial charge in [-0.2, -0.15) is 5.10 Å². The van der Waals surface area contributed by atoms with Crippen molar-refractivity contribution in [2.45, 2.75) is 11.9 Å². The third-order valence-corrected chi connectivity index (χ3v) is 5.17. The van der Waals surface area contributed by atoms with Crippen LogP contribution >= 0.6 is 11.8 Å². The Morgan fingerprint density at radius 1 is 1.16 bits per heavy atom. The van der Waals surface area contributed by atoms with E-state index >= 15 is 0 Å². The van der Waals surface area contributed by atoms with Gasteiger partial charge in [0, 0.05) is 17.3 Å². The highest BCUT2D eigenvalue weighted by molar-refractivity contribution is 8.00. The molecule has 0 aliphatic carbocycles. The van der Waals surface area contributed by atoms with Gasteiger partial charge in [0.1, 0.15) is 18.2 Å². The Morgan fingerprint density at radius 3 is 2.92 bits per heavy atom. The number of fused-ring (bicyclic) bond motifs is 1. The summed E-state index contributed by atoms with van der Waals surface area (Å²) < 4.78 is 6.02. The molecule has 7 heteroatoms. The van der Waals surface area contributed by atoms with Gasteiger partial charge in [-0.05, 0) is 18.2 Å². The number of carbonyl (C=O) groups is 1. The zero-order chi connectivity index (χ0) is 17.1. The Bertz CT molecular complexity index is 882. The Balaban J connectivity index is 1.64. The van der Waals surface area contributed by atoms with Crippen LogP contribution in [0.15, 0.2) is 54.9 Å². The van der Waals surface area contributed by atoms with Gasteiger partial charge in [0.15, 0.2) is 0 Å². The summed E-state index contributed by atoms with van der Waals surface area (Å²) in [6, 6.07) is 13.6. The predicted octanol–water partition coefficient (Wildman–Crippen LogP) is 3.16. The van der Waals surface area contributed by atoms with Crippen LogP contribution in [0.3, 0.4) is 0 Å². The van der Waals surface area contributed by atoms with Crippen LogP contribution in [0, 0.1) is 0 Å². The van der Waals surface area contributed by atoms with Gasteiger partial charge in [0.2, 0.25) is 5.91 Å². The van der Waals surface area contributed by atoms with E-state index in [9.17, 15) is 4.79 Å². The Hall–Kier alpha value is -2.80. The first-order chi connectivity index (χ1) is 12.3. The molecule has 0 spiro atoms. The maximum atomic E-state index is 11.9. The molecule has 25 heavy (non-hydrogen) atoms. The lowest BCUT2D eigenvalue weighted by atomic mass is 10.1. The first-order valence-corrected chi connectivity index (χ1v) is 8.92. The number of benzene rings is 1. The van der Waals surface area contributed by atoms with E-state index in [2.05, 4.69) is 20.5 Å². The number of hydrogen-bond acceptors (Lipinski definition) is 5. The lowest BCUT2D eigenvalue weighted by molar-refractivity contribution is -0.113. The van der Waals surface area contributed by atoms with Gasteiger partial charge >= 0.3 is 0 Å². The minimum atomic E-state index is -0.0371. The molecular formula is C18H16N4O2S. The highest BCUT2D eigenvalue weighted by Crippen LogP contribution is 2.43. The van der Waals surface area contributed by atoms with E-state index in [1.807, 2.05) is 42.5 Å². The molecule has 4 rings (SSSR count). The van der Waals surface area contributed by atoms with Crippen LogP contribution < -0.4 is 10.1 Å². The average molecular weight is 352 g/mol. The number of ether oxygens (including phenoxy) is 1. The van der Waals surface area contributed by atoms with Gasteiger partial charge in [0.25, 0.3) is 0 Å². The van der Waals surface area contributed by atoms with Gasteiger partial charge in [-0.3, -0.25) is 14.9 Å². The van der Waals surface area contributed by atoms with Crippen molar-refractivity contribution in [2.24, 2.45) is 0 Å². The number of thioether (sulfide) groups is 1. The Morgan fingerprint density at radius 2 is 2.04 bits per heavy atom. The molecule has 1 aromatic carbocycles. The van der Waals surface area contributed by atoms with Crippen LogP contribution in [-0.2, 0) is 11.4 Å². The monoisotopic (exact) mass is 352 g/mol. The van der Waals surface area contributed by atoms with E-state index in [1.54, 1.807) is 24.2 Å². The lowest BCUT2D eigenvalue weighted by Crippen LogP contribution is -2.12. The number of aromatic amines is 1. The Labute approximate surface area is 149 Å². The van der Waals surface area contributed by atoms with Crippen molar-refractivity contribution in [1.82, 2.24) is 15.2 Å². The Kier molecular flexibility index (Phi) is 4.39. The largest absolute Gasteiger partial charge is 0.487 e. The molecule has 6 nitrogen and oxygen atoms in total. The van der Waals surface area contributed by atoms with Crippen LogP contribution in [0.4, 0.5) is 5.82 Å². The molecule has 2 N–H and O–H groups in total. The van der Waals surface area contributed by atoms with Gasteiger partial charge in [-0.15, -0.1) is 11.8 Å². The van der Waals surface area contributed by atoms with Crippen molar-refractivity contribution in [3.8, 4) is 5.75 Å². The van der Waals surface area contributed by atoms with Crippen molar-refractivity contribution < 1.29 is 9.53 Å². The summed E-state index contributed by atoms with van der Waals surface area (Å²) in [5, 5.41) is 9.75. The number of pyridine rings is 1. The average Bonchev–Trinajstić information content (AvgIpc) is 3.03. The number of nitrogens with one attached hydrogen (secondary N) is 2. The third-order valence-electron chi connectivity index (χ3n) is 3.90. The number of rotatable bonds is 4. The first-order valence-electron chi connectivity index (χ1n) is 7.87. The third kappa shape index (κ3) is 3.36. The number of anilines is 1. The molecule has 0 saturated heterocycles. The molecular weight excluding hydrogens is 336 g/mol. The van der Waals surface area contributed by atoms with Gasteiger partial charge in [-0.1, -0.05) is 24.3 Å². The summed E-state index contributed by atoms with van der Waals surface area (Å²) in [6.07, 6.45) is 3.51. The minimum Gasteiger partial charge on any atom is -0.487 e. The highest BCUT2D eigenvalue weighted by Gasteiger charge is 2.27. The molecule has 126 valence electrons. The molecule has 0 radical (unpaired) electrons. The summed E-state index contributed by atoms with van der Waals surface area (Å²) in [6.45, 7) is 0.394. The number of H-pyrrole nitrogens is 1. The second-order valence-corrected chi connectivity index (χ2v) is 6.68. The fourth-order valence-electron chi connectivity index (χ4n) is 2.74. The smallest absolute Gasteiger partial charge is 0.235 e. The van der Waals surface area contributed by atoms with Crippen LogP contribution in [0.25, 0.3) is 0 Å². The molecule has 3 aromatic rings. The molecule has 1 aliphatic heterocycles. The molecule has 1 atom stereocenters. The summed E-state index contributed by atoms with van der Waals surface area (Å²) in [4.78, 5) is 16.2. The van der Waals surface area contributed by atoms with Crippen LogP contribution in [0.2, 0.25) is 0 Å². The topological polar surface area (TPSA) is 79.9 Å². The molecule has 0 saturated carbocycles. The van der Waals surface area contributed by atoms with Crippen LogP contribution in [-0.4, -0.2) is 26.8 Å². The number of hydrogen-bond donors (Lipinski definition) is 2. The van der Waals surface area contributed by atoms with Crippen molar-refractivity contribution in [1.29, 1.82) is 0 Å². The van der Waals surface area contributed by atoms with E-state index in [1.165, 1.54) is 0 Å². The minimum absolute atomic E-state index is 0.0346. The van der Waals surface area contributed by atoms with Crippen LogP contribution in [0.5, 0.6) is 5.75 Å². The maximum Gasteiger partial charge on any atom is 0.235 e. The second-order valence-electron chi connectivity index (χ2n) is 5.59. The summed E-state index contributed by atoms with van der Waals surface area (Å²) >= 11 is 1.56. The van der Waals surface area contributed by atoms with Gasteiger partial charge in [-0.25, -0.2) is 0 Å². The standard InChI is InChI=1S/C18H16N4O2S/c23-16-11-25-17(14-9-20-22-18(14)21-16)13-6-1-2-7-15(13)24-10-12-5-3-4-8-19-12/h1-9,17H,10-11H2,(H2,20,21,22,23)/t17-/m1/s1. The summed E-state index contributed by atoms with van der Waals surface area (Å²) in [5.74, 6) is 1.78. The zero-order valence-electron chi connectivity index (χ0n) is 13.3. The second kappa shape index (κ2) is 6.98. The molecule has 1 aliphatic rings. The van der Waals surface area contributed by atoms with E-state index in [-0.39, 0.29) is 11.2 Å². The number of para-hydroxylation sites is 1. The SMILES string of the molecule is O=C1CS[C@H](c2ccccc2OCc2ccccn2)c2cn[nH]c2N1. The normalized spacial score (nSPS) is 16.6. The zero-order valence-corrected chi connectivity index (χ0v) is 14.1. The summed E-state index contributed by atoms with van der Waals surface area (Å²) in [5.41, 5.74) is 2.83. The number of nitrogens with zero attached hydrogens (tertiary/aromatic N) is 2. The van der Waals surface area contributed by atoms with Crippen molar-refractivity contribution >= 4 is 23.5 Å². The van der Waals surface area contributed by atoms with Crippen molar-refractivity contribution in [3.63, 3.8) is 0 Å². The summed E-state index contributed by atoms with van der Waals surface area (Å²) in [7, 11) is 0.